The number of carbonyl (C=O) groups is 1. The number of carboxylic acids is 1. The summed E-state index contributed by atoms with van der Waals surface area (Å²) in [6, 6.07) is 7.47. The molecule has 1 aromatic carbocycles. The van der Waals surface area contributed by atoms with E-state index in [0.717, 1.165) is 12.1 Å². The van der Waals surface area contributed by atoms with Gasteiger partial charge in [0.25, 0.3) is 0 Å². The van der Waals surface area contributed by atoms with Crippen LogP contribution in [0.15, 0.2) is 24.3 Å². The number of benzene rings is 1. The Bertz CT molecular complexity index is 476. The molecule has 0 aliphatic heterocycles. The van der Waals surface area contributed by atoms with Gasteiger partial charge in [0, 0.05) is 0 Å². The molecule has 4 heteroatoms. The van der Waals surface area contributed by atoms with E-state index >= 15 is 0 Å². The number of ether oxygens (including phenoxy) is 1. The second-order valence-electron chi connectivity index (χ2n) is 6.07. The average molecular weight is 277 g/mol. The molecular weight excluding hydrogens is 254 g/mol. The van der Waals surface area contributed by atoms with Crippen molar-refractivity contribution < 1.29 is 14.6 Å². The number of hydrogen-bond donors (Lipinski definition) is 2. The minimum atomic E-state index is -0.897. The van der Waals surface area contributed by atoms with Crippen molar-refractivity contribution in [2.75, 3.05) is 12.4 Å². The van der Waals surface area contributed by atoms with E-state index in [-0.39, 0.29) is 0 Å². The molecule has 0 heterocycles. The maximum Gasteiger partial charge on any atom is 0.329 e. The number of anilines is 1. The molecule has 1 aromatic rings. The number of carboxylic acid groups (broad SMARTS) is 1. The van der Waals surface area contributed by atoms with Crippen LogP contribution in [0, 0.1) is 11.8 Å². The minimum absolute atomic E-state index is 0.400. The van der Waals surface area contributed by atoms with Crippen molar-refractivity contribution in [3.05, 3.63) is 24.3 Å². The van der Waals surface area contributed by atoms with Crippen molar-refractivity contribution in [3.63, 3.8) is 0 Å². The Morgan fingerprint density at radius 2 is 1.90 bits per heavy atom. The van der Waals surface area contributed by atoms with Crippen molar-refractivity contribution in [3.8, 4) is 5.75 Å². The van der Waals surface area contributed by atoms with E-state index in [1.807, 2.05) is 24.3 Å². The summed E-state index contributed by atoms with van der Waals surface area (Å²) in [6.45, 7) is 4.24. The van der Waals surface area contributed by atoms with Crippen molar-refractivity contribution in [1.82, 2.24) is 0 Å². The molecule has 1 fully saturated rings. The maximum atomic E-state index is 11.9. The van der Waals surface area contributed by atoms with Crippen molar-refractivity contribution >= 4 is 11.7 Å². The zero-order chi connectivity index (χ0) is 14.8. The van der Waals surface area contributed by atoms with Crippen LogP contribution in [0.5, 0.6) is 5.75 Å². The Morgan fingerprint density at radius 1 is 1.30 bits per heavy atom. The third-order valence-corrected chi connectivity index (χ3v) is 4.09. The normalized spacial score (nSPS) is 29.8. The zero-order valence-corrected chi connectivity index (χ0v) is 12.3. The van der Waals surface area contributed by atoms with Crippen LogP contribution in [0.4, 0.5) is 5.69 Å². The first-order chi connectivity index (χ1) is 9.47. The van der Waals surface area contributed by atoms with Gasteiger partial charge in [0.05, 0.1) is 12.8 Å². The van der Waals surface area contributed by atoms with Gasteiger partial charge in [0.15, 0.2) is 0 Å². The monoisotopic (exact) mass is 277 g/mol. The predicted octanol–water partition coefficient (Wildman–Crippen LogP) is 3.39. The Labute approximate surface area is 120 Å². The molecule has 0 saturated heterocycles. The van der Waals surface area contributed by atoms with Gasteiger partial charge in [-0.05, 0) is 43.2 Å². The van der Waals surface area contributed by atoms with E-state index in [4.69, 9.17) is 4.74 Å². The molecule has 2 atom stereocenters. The van der Waals surface area contributed by atoms with Crippen LogP contribution in [0.2, 0.25) is 0 Å². The van der Waals surface area contributed by atoms with E-state index in [0.29, 0.717) is 30.4 Å². The topological polar surface area (TPSA) is 58.6 Å². The molecule has 0 spiro atoms. The summed E-state index contributed by atoms with van der Waals surface area (Å²) in [4.78, 5) is 11.9. The lowest BCUT2D eigenvalue weighted by Gasteiger charge is -2.41. The van der Waals surface area contributed by atoms with E-state index in [9.17, 15) is 9.90 Å². The number of hydrogen-bond acceptors (Lipinski definition) is 3. The Hall–Kier alpha value is -1.71. The third-order valence-electron chi connectivity index (χ3n) is 4.09. The summed E-state index contributed by atoms with van der Waals surface area (Å²) >= 11 is 0. The SMILES string of the molecule is COc1ccccc1NC1(C(=O)O)CC(C)CC(C)C1. The lowest BCUT2D eigenvalue weighted by molar-refractivity contribution is -0.144. The summed E-state index contributed by atoms with van der Waals surface area (Å²) in [7, 11) is 1.60. The highest BCUT2D eigenvalue weighted by Gasteiger charge is 2.44. The number of nitrogens with one attached hydrogen (secondary N) is 1. The van der Waals surface area contributed by atoms with Gasteiger partial charge in [0.2, 0.25) is 0 Å². The molecular formula is C16H23NO3. The molecule has 0 amide bonds. The van der Waals surface area contributed by atoms with Crippen LogP contribution in [0.3, 0.4) is 0 Å². The summed E-state index contributed by atoms with van der Waals surface area (Å²) < 4.78 is 5.31. The highest BCUT2D eigenvalue weighted by molar-refractivity contribution is 5.83. The fraction of sp³-hybridized carbons (Fsp3) is 0.562. The van der Waals surface area contributed by atoms with Gasteiger partial charge in [-0.1, -0.05) is 26.0 Å². The molecule has 110 valence electrons. The molecule has 2 unspecified atom stereocenters. The molecule has 1 aliphatic carbocycles. The third kappa shape index (κ3) is 2.89. The summed E-state index contributed by atoms with van der Waals surface area (Å²) in [5, 5.41) is 13.0. The minimum Gasteiger partial charge on any atom is -0.495 e. The molecule has 20 heavy (non-hydrogen) atoms. The molecule has 2 rings (SSSR count). The maximum absolute atomic E-state index is 11.9. The van der Waals surface area contributed by atoms with Gasteiger partial charge in [-0.3, -0.25) is 0 Å². The van der Waals surface area contributed by atoms with Gasteiger partial charge >= 0.3 is 5.97 Å². The van der Waals surface area contributed by atoms with E-state index in [1.165, 1.54) is 0 Å². The second-order valence-corrected chi connectivity index (χ2v) is 6.07. The Balaban J connectivity index is 2.32. The van der Waals surface area contributed by atoms with Crippen molar-refractivity contribution in [2.24, 2.45) is 11.8 Å². The first-order valence-electron chi connectivity index (χ1n) is 7.11. The quantitative estimate of drug-likeness (QED) is 0.885. The highest BCUT2D eigenvalue weighted by atomic mass is 16.5. The van der Waals surface area contributed by atoms with E-state index in [1.54, 1.807) is 7.11 Å². The van der Waals surface area contributed by atoms with Crippen LogP contribution in [-0.2, 0) is 4.79 Å². The van der Waals surface area contributed by atoms with Gasteiger partial charge in [-0.2, -0.15) is 0 Å². The van der Waals surface area contributed by atoms with Gasteiger partial charge < -0.3 is 15.2 Å². The van der Waals surface area contributed by atoms with Crippen molar-refractivity contribution in [1.29, 1.82) is 0 Å². The molecule has 2 N–H and O–H groups in total. The Morgan fingerprint density at radius 3 is 2.45 bits per heavy atom. The summed E-state index contributed by atoms with van der Waals surface area (Å²) in [6.07, 6.45) is 2.37. The number of aliphatic carboxylic acids is 1. The Kier molecular flexibility index (Phi) is 4.21. The molecule has 1 saturated carbocycles. The fourth-order valence-electron chi connectivity index (χ4n) is 3.46. The summed E-state index contributed by atoms with van der Waals surface area (Å²) in [5.74, 6) is 0.704. The standard InChI is InChI=1S/C16H23NO3/c1-11-8-12(2)10-16(9-11,15(18)19)17-13-6-4-5-7-14(13)20-3/h4-7,11-12,17H,8-10H2,1-3H3,(H,18,19). The predicted molar refractivity (Wildman–Crippen MR) is 79.2 cm³/mol. The number of para-hydroxylation sites is 2. The van der Waals surface area contributed by atoms with Crippen LogP contribution in [0.1, 0.15) is 33.1 Å². The fourth-order valence-corrected chi connectivity index (χ4v) is 3.46. The molecule has 0 aromatic heterocycles. The largest absolute Gasteiger partial charge is 0.495 e. The van der Waals surface area contributed by atoms with Crippen LogP contribution in [0.25, 0.3) is 0 Å². The first kappa shape index (κ1) is 14.7. The van der Waals surface area contributed by atoms with E-state index in [2.05, 4.69) is 19.2 Å². The highest BCUT2D eigenvalue weighted by Crippen LogP contribution is 2.40. The van der Waals surface area contributed by atoms with Gasteiger partial charge in [-0.15, -0.1) is 0 Å². The van der Waals surface area contributed by atoms with Gasteiger partial charge in [0.1, 0.15) is 11.3 Å². The lowest BCUT2D eigenvalue weighted by Crippen LogP contribution is -2.51. The van der Waals surface area contributed by atoms with Crippen LogP contribution in [-0.4, -0.2) is 23.7 Å². The first-order valence-corrected chi connectivity index (χ1v) is 7.11. The van der Waals surface area contributed by atoms with Gasteiger partial charge in [-0.25, -0.2) is 4.79 Å². The molecule has 1 aliphatic rings. The second kappa shape index (κ2) is 5.73. The van der Waals surface area contributed by atoms with Crippen molar-refractivity contribution in [2.45, 2.75) is 38.6 Å². The zero-order valence-electron chi connectivity index (χ0n) is 12.3. The average Bonchev–Trinajstić information content (AvgIpc) is 2.38. The van der Waals surface area contributed by atoms with E-state index < -0.39 is 11.5 Å². The number of rotatable bonds is 4. The lowest BCUT2D eigenvalue weighted by atomic mass is 9.71. The van der Waals surface area contributed by atoms with Crippen LogP contribution >= 0.6 is 0 Å². The molecule has 4 nitrogen and oxygen atoms in total. The van der Waals surface area contributed by atoms with Crippen LogP contribution < -0.4 is 10.1 Å². The molecule has 0 bridgehead atoms. The smallest absolute Gasteiger partial charge is 0.329 e. The number of methoxy groups -OCH3 is 1. The molecule has 0 radical (unpaired) electrons. The summed E-state index contributed by atoms with van der Waals surface area (Å²) in [5.41, 5.74) is -0.148.